The summed E-state index contributed by atoms with van der Waals surface area (Å²) in [5.74, 6) is 0.961. The topological polar surface area (TPSA) is 24.1 Å². The van der Waals surface area contributed by atoms with Crippen molar-refractivity contribution in [3.8, 4) is 0 Å². The molecule has 0 aromatic carbocycles. The Kier molecular flexibility index (Phi) is 3.01. The third kappa shape index (κ3) is 1.99. The second-order valence-corrected chi connectivity index (χ2v) is 4.16. The summed E-state index contributed by atoms with van der Waals surface area (Å²) >= 11 is 0. The first kappa shape index (κ1) is 8.52. The highest BCUT2D eigenvalue weighted by Crippen LogP contribution is 2.22. The van der Waals surface area contributed by atoms with Gasteiger partial charge in [-0.25, -0.2) is 0 Å². The molecule has 0 unspecified atom stereocenters. The molecule has 2 fully saturated rings. The van der Waals surface area contributed by atoms with E-state index in [1.54, 1.807) is 0 Å². The summed E-state index contributed by atoms with van der Waals surface area (Å²) < 4.78 is 0. The van der Waals surface area contributed by atoms with Gasteiger partial charge in [0, 0.05) is 12.6 Å². The van der Waals surface area contributed by atoms with Crippen LogP contribution in [0.5, 0.6) is 0 Å². The molecule has 70 valence electrons. The molecule has 0 aliphatic carbocycles. The fourth-order valence-electron chi connectivity index (χ4n) is 2.52. The van der Waals surface area contributed by atoms with Crippen LogP contribution in [0.2, 0.25) is 0 Å². The molecule has 2 saturated heterocycles. The van der Waals surface area contributed by atoms with Crippen LogP contribution in [0, 0.1) is 5.92 Å². The molecule has 2 aliphatic heterocycles. The first-order valence-electron chi connectivity index (χ1n) is 5.41. The van der Waals surface area contributed by atoms with E-state index < -0.39 is 0 Å². The predicted octanol–water partition coefficient (Wildman–Crippen LogP) is 1.13. The molecule has 2 heterocycles. The average molecular weight is 168 g/mol. The summed E-state index contributed by atoms with van der Waals surface area (Å²) in [7, 11) is 0. The second-order valence-electron chi connectivity index (χ2n) is 4.16. The summed E-state index contributed by atoms with van der Waals surface area (Å²) in [6.45, 7) is 3.67. The molecule has 0 aromatic heterocycles. The molecule has 2 aliphatic rings. The number of hydrogen-bond donors (Lipinski definition) is 2. The summed E-state index contributed by atoms with van der Waals surface area (Å²) in [4.78, 5) is 0. The van der Waals surface area contributed by atoms with Crippen molar-refractivity contribution >= 4 is 0 Å². The molecule has 2 atom stereocenters. The maximum atomic E-state index is 3.66. The largest absolute Gasteiger partial charge is 0.315 e. The van der Waals surface area contributed by atoms with E-state index in [0.717, 1.165) is 12.0 Å². The van der Waals surface area contributed by atoms with Gasteiger partial charge in [-0.3, -0.25) is 0 Å². The van der Waals surface area contributed by atoms with Gasteiger partial charge in [0.25, 0.3) is 0 Å². The van der Waals surface area contributed by atoms with Crippen LogP contribution in [0.1, 0.15) is 32.1 Å². The third-order valence-corrected chi connectivity index (χ3v) is 3.27. The minimum absolute atomic E-state index is 0.773. The summed E-state index contributed by atoms with van der Waals surface area (Å²) in [5.41, 5.74) is 0. The molecule has 0 spiro atoms. The van der Waals surface area contributed by atoms with Gasteiger partial charge in [-0.05, 0) is 44.7 Å². The van der Waals surface area contributed by atoms with Crippen molar-refractivity contribution in [1.82, 2.24) is 10.6 Å². The Bertz CT molecular complexity index is 108. The zero-order chi connectivity index (χ0) is 8.23. The van der Waals surface area contributed by atoms with Crippen LogP contribution >= 0.6 is 0 Å². The third-order valence-electron chi connectivity index (χ3n) is 3.27. The van der Waals surface area contributed by atoms with Gasteiger partial charge in [0.05, 0.1) is 0 Å². The maximum Gasteiger partial charge on any atom is 0.0220 e. The maximum absolute atomic E-state index is 3.66. The molecule has 0 bridgehead atoms. The van der Waals surface area contributed by atoms with E-state index >= 15 is 0 Å². The minimum Gasteiger partial charge on any atom is -0.315 e. The molecule has 2 rings (SSSR count). The lowest BCUT2D eigenvalue weighted by Crippen LogP contribution is -2.41. The molecule has 0 amide bonds. The summed E-state index contributed by atoms with van der Waals surface area (Å²) in [6, 6.07) is 0.773. The first-order valence-corrected chi connectivity index (χ1v) is 5.41. The zero-order valence-electron chi connectivity index (χ0n) is 7.81. The lowest BCUT2D eigenvalue weighted by Gasteiger charge is -2.22. The number of fused-ring (bicyclic) bond motifs is 1. The van der Waals surface area contributed by atoms with Crippen molar-refractivity contribution in [3.63, 3.8) is 0 Å². The number of rotatable bonds is 0. The molecule has 0 saturated carbocycles. The highest BCUT2D eigenvalue weighted by molar-refractivity contribution is 4.83. The highest BCUT2D eigenvalue weighted by Gasteiger charge is 2.24. The monoisotopic (exact) mass is 168 g/mol. The van der Waals surface area contributed by atoms with Gasteiger partial charge >= 0.3 is 0 Å². The van der Waals surface area contributed by atoms with Crippen molar-refractivity contribution in [2.75, 3.05) is 19.6 Å². The van der Waals surface area contributed by atoms with Gasteiger partial charge in [0.15, 0.2) is 0 Å². The van der Waals surface area contributed by atoms with E-state index in [0.29, 0.717) is 0 Å². The Labute approximate surface area is 75.1 Å². The summed E-state index contributed by atoms with van der Waals surface area (Å²) in [5, 5.41) is 7.17. The van der Waals surface area contributed by atoms with E-state index in [1.165, 1.54) is 51.7 Å². The highest BCUT2D eigenvalue weighted by atomic mass is 15.0. The van der Waals surface area contributed by atoms with Gasteiger partial charge in [-0.15, -0.1) is 0 Å². The first-order chi connectivity index (χ1) is 5.97. The number of nitrogens with one attached hydrogen (secondary N) is 2. The van der Waals surface area contributed by atoms with E-state index in [4.69, 9.17) is 0 Å². The molecular formula is C10H20N2. The smallest absolute Gasteiger partial charge is 0.0220 e. The molecular weight excluding hydrogens is 148 g/mol. The van der Waals surface area contributed by atoms with Crippen molar-refractivity contribution in [2.45, 2.75) is 38.1 Å². The van der Waals surface area contributed by atoms with Crippen LogP contribution in [0.25, 0.3) is 0 Å². The summed E-state index contributed by atoms with van der Waals surface area (Å²) in [6.07, 6.45) is 7.09. The molecule has 2 heteroatoms. The van der Waals surface area contributed by atoms with Crippen LogP contribution < -0.4 is 10.6 Å². The normalized spacial score (nSPS) is 38.0. The van der Waals surface area contributed by atoms with Crippen molar-refractivity contribution in [1.29, 1.82) is 0 Å². The number of hydrogen-bond acceptors (Lipinski definition) is 2. The predicted molar refractivity (Wildman–Crippen MR) is 51.2 cm³/mol. The van der Waals surface area contributed by atoms with Crippen LogP contribution in [-0.4, -0.2) is 25.7 Å². The van der Waals surface area contributed by atoms with E-state index in [1.807, 2.05) is 0 Å². The lowest BCUT2D eigenvalue weighted by molar-refractivity contribution is 0.355. The van der Waals surface area contributed by atoms with Gasteiger partial charge in [-0.1, -0.05) is 6.42 Å². The van der Waals surface area contributed by atoms with Crippen molar-refractivity contribution in [2.24, 2.45) is 5.92 Å². The van der Waals surface area contributed by atoms with Crippen LogP contribution in [-0.2, 0) is 0 Å². The SMILES string of the molecule is C1CC[C@@H]2CCCNC[C@H]2NC1. The standard InChI is InChI=1S/C10H20N2/c1-2-7-12-10-8-11-6-3-5-9(10)4-1/h9-12H,1-8H2/t9-,10-/m1/s1. The van der Waals surface area contributed by atoms with Crippen molar-refractivity contribution in [3.05, 3.63) is 0 Å². The Balaban J connectivity index is 1.94. The van der Waals surface area contributed by atoms with E-state index in [9.17, 15) is 0 Å². The Morgan fingerprint density at radius 3 is 2.83 bits per heavy atom. The quantitative estimate of drug-likeness (QED) is 0.566. The molecule has 2 N–H and O–H groups in total. The van der Waals surface area contributed by atoms with Crippen molar-refractivity contribution < 1.29 is 0 Å². The van der Waals surface area contributed by atoms with Gasteiger partial charge in [-0.2, -0.15) is 0 Å². The van der Waals surface area contributed by atoms with Crippen LogP contribution in [0.3, 0.4) is 0 Å². The minimum atomic E-state index is 0.773. The van der Waals surface area contributed by atoms with E-state index in [2.05, 4.69) is 10.6 Å². The van der Waals surface area contributed by atoms with Gasteiger partial charge in [0.1, 0.15) is 0 Å². The Morgan fingerprint density at radius 2 is 1.83 bits per heavy atom. The van der Waals surface area contributed by atoms with Crippen LogP contribution in [0.15, 0.2) is 0 Å². The molecule has 12 heavy (non-hydrogen) atoms. The fraction of sp³-hybridized carbons (Fsp3) is 1.00. The molecule has 2 nitrogen and oxygen atoms in total. The molecule has 0 aromatic rings. The van der Waals surface area contributed by atoms with E-state index in [-0.39, 0.29) is 0 Å². The molecule has 0 radical (unpaired) electrons. The Hall–Kier alpha value is -0.0800. The van der Waals surface area contributed by atoms with Crippen LogP contribution in [0.4, 0.5) is 0 Å². The Morgan fingerprint density at radius 1 is 0.917 bits per heavy atom. The van der Waals surface area contributed by atoms with Gasteiger partial charge in [0.2, 0.25) is 0 Å². The lowest BCUT2D eigenvalue weighted by atomic mass is 9.92. The average Bonchev–Trinajstić information content (AvgIpc) is 2.38. The van der Waals surface area contributed by atoms with Gasteiger partial charge < -0.3 is 10.6 Å². The second kappa shape index (κ2) is 4.24. The zero-order valence-corrected chi connectivity index (χ0v) is 7.81. The fourth-order valence-corrected chi connectivity index (χ4v) is 2.52.